The van der Waals surface area contributed by atoms with E-state index in [2.05, 4.69) is 24.0 Å². The van der Waals surface area contributed by atoms with Crippen molar-refractivity contribution in [1.29, 1.82) is 0 Å². The van der Waals surface area contributed by atoms with Crippen molar-refractivity contribution in [2.75, 3.05) is 0 Å². The molecular weight excluding hydrogens is 296 g/mol. The van der Waals surface area contributed by atoms with Gasteiger partial charge in [0, 0.05) is 9.75 Å². The van der Waals surface area contributed by atoms with Gasteiger partial charge in [0.05, 0.1) is 11.9 Å². The fourth-order valence-corrected chi connectivity index (χ4v) is 4.01. The summed E-state index contributed by atoms with van der Waals surface area (Å²) >= 11 is 8.53. The number of rotatable bonds is 3. The third-order valence-corrected chi connectivity index (χ3v) is 5.35. The predicted molar refractivity (Wildman–Crippen MR) is 84.1 cm³/mol. The molecule has 19 heavy (non-hydrogen) atoms. The fourth-order valence-electron chi connectivity index (χ4n) is 1.97. The maximum Gasteiger partial charge on any atom is 0.263 e. The quantitative estimate of drug-likeness (QED) is 0.748. The molecule has 3 rings (SSSR count). The number of nitrogens with one attached hydrogen (secondary N) is 1. The molecule has 3 heterocycles. The van der Waals surface area contributed by atoms with Crippen LogP contribution in [0.25, 0.3) is 10.2 Å². The average molecular weight is 308 g/mol. The minimum absolute atomic E-state index is 0.00792. The molecule has 0 fully saturated rings. The van der Waals surface area contributed by atoms with Crippen molar-refractivity contribution < 1.29 is 0 Å². The number of thiophene rings is 2. The van der Waals surface area contributed by atoms with E-state index >= 15 is 0 Å². The molecule has 3 aromatic heterocycles. The first-order valence-electron chi connectivity index (χ1n) is 5.97. The number of aromatic amines is 1. The Kier molecular flexibility index (Phi) is 3.38. The number of aromatic nitrogens is 2. The Bertz CT molecular complexity index is 837. The number of nitrogens with zero attached hydrogens (tertiary/aromatic N) is 1. The summed E-state index contributed by atoms with van der Waals surface area (Å²) in [6.45, 7) is 2.68. The van der Waals surface area contributed by atoms with Gasteiger partial charge >= 0.3 is 0 Å². The zero-order valence-electron chi connectivity index (χ0n) is 10.3. The van der Waals surface area contributed by atoms with Gasteiger partial charge < -0.3 is 4.98 Å². The molecule has 0 spiro atoms. The van der Waals surface area contributed by atoms with E-state index in [1.54, 1.807) is 15.9 Å². The molecule has 0 amide bonds. The molecule has 0 aliphatic heterocycles. The summed E-state index contributed by atoms with van der Waals surface area (Å²) in [6.07, 6.45) is 1.02. The van der Waals surface area contributed by atoms with Gasteiger partial charge in [0.1, 0.15) is 4.83 Å². The van der Waals surface area contributed by atoms with Crippen LogP contribution in [-0.4, -0.2) is 9.55 Å². The van der Waals surface area contributed by atoms with Crippen molar-refractivity contribution in [2.24, 2.45) is 0 Å². The Morgan fingerprint density at radius 2 is 2.11 bits per heavy atom. The van der Waals surface area contributed by atoms with Crippen LogP contribution in [0, 0.1) is 4.77 Å². The molecule has 0 bridgehead atoms. The number of hydrogen-bond acceptors (Lipinski definition) is 4. The lowest BCUT2D eigenvalue weighted by Crippen LogP contribution is -2.21. The van der Waals surface area contributed by atoms with Gasteiger partial charge in [-0.2, -0.15) is 0 Å². The van der Waals surface area contributed by atoms with Crippen molar-refractivity contribution in [3.8, 4) is 0 Å². The molecule has 0 aliphatic rings. The number of aryl methyl sites for hydroxylation is 1. The minimum atomic E-state index is -0.00792. The van der Waals surface area contributed by atoms with Crippen molar-refractivity contribution in [3.05, 3.63) is 48.5 Å². The second-order valence-corrected chi connectivity index (χ2v) is 6.76. The molecule has 0 unspecified atom stereocenters. The van der Waals surface area contributed by atoms with Gasteiger partial charge in [-0.3, -0.25) is 9.36 Å². The summed E-state index contributed by atoms with van der Waals surface area (Å²) in [5.74, 6) is 0. The topological polar surface area (TPSA) is 37.8 Å². The summed E-state index contributed by atoms with van der Waals surface area (Å²) in [6, 6.07) is 6.03. The molecular formula is C13H12N2OS3. The molecule has 0 saturated carbocycles. The number of fused-ring (bicyclic) bond motifs is 1. The van der Waals surface area contributed by atoms with Crippen molar-refractivity contribution in [2.45, 2.75) is 19.9 Å². The van der Waals surface area contributed by atoms with Crippen LogP contribution in [0.15, 0.2) is 28.4 Å². The van der Waals surface area contributed by atoms with E-state index in [1.165, 1.54) is 16.2 Å². The minimum Gasteiger partial charge on any atom is -0.323 e. The predicted octanol–water partition coefficient (Wildman–Crippen LogP) is 3.79. The molecule has 6 heteroatoms. The standard InChI is InChI=1S/C13H12N2OS3/c1-2-8-3-4-9(19-8)7-15-12(16)10-5-6-18-11(10)14-13(15)17/h3-6H,2,7H2,1H3,(H,14,17). The first-order valence-corrected chi connectivity index (χ1v) is 8.07. The third-order valence-electron chi connectivity index (χ3n) is 2.99. The Labute approximate surface area is 123 Å². The summed E-state index contributed by atoms with van der Waals surface area (Å²) in [5.41, 5.74) is -0.00792. The Hall–Kier alpha value is -1.24. The van der Waals surface area contributed by atoms with Gasteiger partial charge in [0.15, 0.2) is 4.77 Å². The molecule has 0 aliphatic carbocycles. The number of hydrogen-bond donors (Lipinski definition) is 1. The van der Waals surface area contributed by atoms with E-state index in [9.17, 15) is 4.79 Å². The monoisotopic (exact) mass is 308 g/mol. The highest BCUT2D eigenvalue weighted by Crippen LogP contribution is 2.19. The molecule has 3 nitrogen and oxygen atoms in total. The van der Waals surface area contributed by atoms with Crippen molar-refractivity contribution in [1.82, 2.24) is 9.55 Å². The van der Waals surface area contributed by atoms with Crippen LogP contribution in [0.2, 0.25) is 0 Å². The first kappa shape index (κ1) is 12.8. The normalized spacial score (nSPS) is 11.2. The third kappa shape index (κ3) is 2.31. The summed E-state index contributed by atoms with van der Waals surface area (Å²) in [4.78, 5) is 18.8. The highest BCUT2D eigenvalue weighted by Gasteiger charge is 2.08. The lowest BCUT2D eigenvalue weighted by Gasteiger charge is -2.04. The fraction of sp³-hybridized carbons (Fsp3) is 0.231. The number of H-pyrrole nitrogens is 1. The first-order chi connectivity index (χ1) is 9.19. The van der Waals surface area contributed by atoms with Crippen LogP contribution >= 0.6 is 34.9 Å². The van der Waals surface area contributed by atoms with Crippen LogP contribution in [0.4, 0.5) is 0 Å². The van der Waals surface area contributed by atoms with Gasteiger partial charge in [0.25, 0.3) is 5.56 Å². The molecule has 1 N–H and O–H groups in total. The second-order valence-electron chi connectivity index (χ2n) is 4.21. The summed E-state index contributed by atoms with van der Waals surface area (Å²) in [5, 5.41) is 2.62. The Morgan fingerprint density at radius 3 is 2.84 bits per heavy atom. The van der Waals surface area contributed by atoms with E-state index in [0.29, 0.717) is 16.7 Å². The van der Waals surface area contributed by atoms with Crippen LogP contribution in [0.3, 0.4) is 0 Å². The van der Waals surface area contributed by atoms with Crippen LogP contribution < -0.4 is 5.56 Å². The largest absolute Gasteiger partial charge is 0.323 e. The zero-order valence-corrected chi connectivity index (χ0v) is 12.8. The average Bonchev–Trinajstić information content (AvgIpc) is 3.02. The van der Waals surface area contributed by atoms with E-state index in [0.717, 1.165) is 16.1 Å². The van der Waals surface area contributed by atoms with Gasteiger partial charge in [0.2, 0.25) is 0 Å². The van der Waals surface area contributed by atoms with Crippen molar-refractivity contribution in [3.63, 3.8) is 0 Å². The van der Waals surface area contributed by atoms with E-state index < -0.39 is 0 Å². The molecule has 98 valence electrons. The van der Waals surface area contributed by atoms with E-state index in [4.69, 9.17) is 12.2 Å². The molecule has 0 radical (unpaired) electrons. The summed E-state index contributed by atoms with van der Waals surface area (Å²) in [7, 11) is 0. The highest BCUT2D eigenvalue weighted by atomic mass is 32.1. The molecule has 0 atom stereocenters. The molecule has 3 aromatic rings. The van der Waals surface area contributed by atoms with Gasteiger partial charge in [-0.1, -0.05) is 6.92 Å². The van der Waals surface area contributed by atoms with Gasteiger partial charge in [-0.05, 0) is 42.2 Å². The SMILES string of the molecule is CCc1ccc(Cn2c(=S)[nH]c3sccc3c2=O)s1. The second kappa shape index (κ2) is 5.03. The lowest BCUT2D eigenvalue weighted by atomic mass is 10.3. The van der Waals surface area contributed by atoms with Gasteiger partial charge in [-0.15, -0.1) is 22.7 Å². The van der Waals surface area contributed by atoms with E-state index in [1.807, 2.05) is 11.4 Å². The summed E-state index contributed by atoms with van der Waals surface area (Å²) < 4.78 is 2.13. The van der Waals surface area contributed by atoms with Crippen molar-refractivity contribution >= 4 is 45.1 Å². The Balaban J connectivity index is 2.09. The highest BCUT2D eigenvalue weighted by molar-refractivity contribution is 7.71. The smallest absolute Gasteiger partial charge is 0.263 e. The van der Waals surface area contributed by atoms with Gasteiger partial charge in [-0.25, -0.2) is 0 Å². The lowest BCUT2D eigenvalue weighted by molar-refractivity contribution is 0.745. The maximum atomic E-state index is 12.4. The zero-order chi connectivity index (χ0) is 13.4. The Morgan fingerprint density at radius 1 is 1.32 bits per heavy atom. The maximum absolute atomic E-state index is 12.4. The van der Waals surface area contributed by atoms with Crippen LogP contribution in [-0.2, 0) is 13.0 Å². The van der Waals surface area contributed by atoms with Crippen LogP contribution in [0.5, 0.6) is 0 Å². The van der Waals surface area contributed by atoms with E-state index in [-0.39, 0.29) is 5.56 Å². The van der Waals surface area contributed by atoms with Crippen LogP contribution in [0.1, 0.15) is 16.7 Å². The molecule has 0 aromatic carbocycles. The molecule has 0 saturated heterocycles.